The van der Waals surface area contributed by atoms with Crippen molar-refractivity contribution in [2.75, 3.05) is 25.4 Å². The van der Waals surface area contributed by atoms with Gasteiger partial charge in [0.2, 0.25) is 5.91 Å². The highest BCUT2D eigenvalue weighted by Gasteiger charge is 2.31. The topological polar surface area (TPSA) is 83.6 Å². The highest BCUT2D eigenvalue weighted by atomic mass is 32.2. The molecule has 1 aromatic carbocycles. The van der Waals surface area contributed by atoms with E-state index in [1.165, 1.54) is 0 Å². The first kappa shape index (κ1) is 19.4. The first-order valence-corrected chi connectivity index (χ1v) is 10.3. The summed E-state index contributed by atoms with van der Waals surface area (Å²) in [6, 6.07) is 8.72. The molecule has 138 valence electrons. The van der Waals surface area contributed by atoms with Crippen molar-refractivity contribution in [3.8, 4) is 0 Å². The summed E-state index contributed by atoms with van der Waals surface area (Å²) >= 11 is 0. The van der Waals surface area contributed by atoms with E-state index in [0.717, 1.165) is 0 Å². The number of nitrogens with one attached hydrogen (secondary N) is 1. The molecular weight excluding hydrogens is 340 g/mol. The Hall–Kier alpha value is -1.89. The summed E-state index contributed by atoms with van der Waals surface area (Å²) in [5.41, 5.74) is 0.508. The predicted molar refractivity (Wildman–Crippen MR) is 97.0 cm³/mol. The van der Waals surface area contributed by atoms with Crippen molar-refractivity contribution in [1.82, 2.24) is 10.2 Å². The van der Waals surface area contributed by atoms with Gasteiger partial charge in [0.15, 0.2) is 9.84 Å². The second-order valence-electron chi connectivity index (χ2n) is 6.85. The molecule has 2 rings (SSSR count). The van der Waals surface area contributed by atoms with Crippen LogP contribution < -0.4 is 5.32 Å². The van der Waals surface area contributed by atoms with Crippen LogP contribution in [0.5, 0.6) is 0 Å². The maximum atomic E-state index is 12.3. The van der Waals surface area contributed by atoms with Gasteiger partial charge in [-0.1, -0.05) is 32.0 Å². The van der Waals surface area contributed by atoms with E-state index < -0.39 is 9.84 Å². The van der Waals surface area contributed by atoms with Gasteiger partial charge in [0.1, 0.15) is 0 Å². The van der Waals surface area contributed by atoms with E-state index in [4.69, 9.17) is 0 Å². The smallest absolute Gasteiger partial charge is 0.251 e. The molecule has 0 spiro atoms. The lowest BCUT2D eigenvalue weighted by atomic mass is 10.1. The van der Waals surface area contributed by atoms with Gasteiger partial charge in [0, 0.05) is 18.7 Å². The molecule has 1 N–H and O–H groups in total. The summed E-state index contributed by atoms with van der Waals surface area (Å²) in [6.45, 7) is 4.55. The van der Waals surface area contributed by atoms with Gasteiger partial charge < -0.3 is 10.2 Å². The summed E-state index contributed by atoms with van der Waals surface area (Å²) in [5.74, 6) is -0.163. The number of hydrogen-bond acceptors (Lipinski definition) is 4. The van der Waals surface area contributed by atoms with E-state index in [-0.39, 0.29) is 35.3 Å². The zero-order valence-corrected chi connectivity index (χ0v) is 15.6. The summed E-state index contributed by atoms with van der Waals surface area (Å²) in [7, 11) is -3.10. The Balaban J connectivity index is 1.80. The second kappa shape index (κ2) is 8.47. The Labute approximate surface area is 149 Å². The number of hydrogen-bond donors (Lipinski definition) is 1. The molecule has 1 aromatic rings. The minimum atomic E-state index is -3.10. The minimum absolute atomic E-state index is 0.0723. The number of carbonyl (C=O) groups excluding carboxylic acids is 2. The van der Waals surface area contributed by atoms with Crippen molar-refractivity contribution in [1.29, 1.82) is 0 Å². The highest BCUT2D eigenvalue weighted by Crippen LogP contribution is 2.20. The van der Waals surface area contributed by atoms with E-state index in [1.54, 1.807) is 29.2 Å². The molecule has 0 saturated carbocycles. The van der Waals surface area contributed by atoms with Crippen molar-refractivity contribution in [2.24, 2.45) is 5.92 Å². The molecule has 0 unspecified atom stereocenters. The minimum Gasteiger partial charge on any atom is -0.343 e. The molecule has 1 aliphatic rings. The lowest BCUT2D eigenvalue weighted by molar-refractivity contribution is -0.130. The fraction of sp³-hybridized carbons (Fsp3) is 0.556. The Morgan fingerprint density at radius 3 is 2.32 bits per heavy atom. The van der Waals surface area contributed by atoms with Crippen LogP contribution in [0.1, 0.15) is 37.0 Å². The van der Waals surface area contributed by atoms with Gasteiger partial charge in [-0.15, -0.1) is 0 Å². The van der Waals surface area contributed by atoms with Gasteiger partial charge >= 0.3 is 0 Å². The van der Waals surface area contributed by atoms with Crippen LogP contribution in [0.25, 0.3) is 0 Å². The van der Waals surface area contributed by atoms with Crippen LogP contribution in [0.4, 0.5) is 0 Å². The molecule has 0 bridgehead atoms. The summed E-state index contributed by atoms with van der Waals surface area (Å²) in [6.07, 6.45) is 0.931. The fourth-order valence-electron chi connectivity index (χ4n) is 3.02. The lowest BCUT2D eigenvalue weighted by Gasteiger charge is -2.32. The average Bonchev–Trinajstić information content (AvgIpc) is 2.59. The Morgan fingerprint density at radius 2 is 1.76 bits per heavy atom. The van der Waals surface area contributed by atoms with E-state index >= 15 is 0 Å². The molecule has 7 heteroatoms. The standard InChI is InChI=1S/C18H26N2O4S/c1-14(2)13-25(23,24)16-8-10-20(11-9-16)17(21)12-19-18(22)15-6-4-3-5-7-15/h3-7,14,16H,8-13H2,1-2H3,(H,19,22). The van der Waals surface area contributed by atoms with Crippen molar-refractivity contribution in [3.05, 3.63) is 35.9 Å². The van der Waals surface area contributed by atoms with Gasteiger partial charge in [0.05, 0.1) is 17.5 Å². The Kier molecular flexibility index (Phi) is 6.58. The summed E-state index contributed by atoms with van der Waals surface area (Å²) < 4.78 is 24.6. The number of amides is 2. The zero-order valence-electron chi connectivity index (χ0n) is 14.8. The average molecular weight is 366 g/mol. The van der Waals surface area contributed by atoms with E-state index in [1.807, 2.05) is 19.9 Å². The number of piperidine rings is 1. The van der Waals surface area contributed by atoms with Gasteiger partial charge in [-0.2, -0.15) is 0 Å². The van der Waals surface area contributed by atoms with E-state index in [2.05, 4.69) is 5.32 Å². The SMILES string of the molecule is CC(C)CS(=O)(=O)C1CCN(C(=O)CNC(=O)c2ccccc2)CC1. The second-order valence-corrected chi connectivity index (χ2v) is 9.18. The third kappa shape index (κ3) is 5.56. The number of likely N-dealkylation sites (tertiary alicyclic amines) is 1. The highest BCUT2D eigenvalue weighted by molar-refractivity contribution is 7.92. The molecule has 6 nitrogen and oxygen atoms in total. The fourth-order valence-corrected chi connectivity index (χ4v) is 5.15. The molecule has 0 radical (unpaired) electrons. The van der Waals surface area contributed by atoms with Crippen LogP contribution in [-0.4, -0.2) is 55.8 Å². The monoisotopic (exact) mass is 366 g/mol. The van der Waals surface area contributed by atoms with Crippen LogP contribution >= 0.6 is 0 Å². The van der Waals surface area contributed by atoms with Crippen molar-refractivity contribution in [2.45, 2.75) is 31.9 Å². The lowest BCUT2D eigenvalue weighted by Crippen LogP contribution is -2.46. The molecule has 1 saturated heterocycles. The molecule has 1 fully saturated rings. The zero-order chi connectivity index (χ0) is 18.4. The van der Waals surface area contributed by atoms with Crippen LogP contribution in [0.3, 0.4) is 0 Å². The third-order valence-corrected chi connectivity index (χ3v) is 6.92. The van der Waals surface area contributed by atoms with Gasteiger partial charge in [0.25, 0.3) is 5.91 Å². The molecular formula is C18H26N2O4S. The molecule has 0 atom stereocenters. The van der Waals surface area contributed by atoms with E-state index in [9.17, 15) is 18.0 Å². The Morgan fingerprint density at radius 1 is 1.16 bits per heavy atom. The molecule has 25 heavy (non-hydrogen) atoms. The molecule has 2 amide bonds. The number of carbonyl (C=O) groups is 2. The van der Waals surface area contributed by atoms with Crippen molar-refractivity contribution < 1.29 is 18.0 Å². The predicted octanol–water partition coefficient (Wildman–Crippen LogP) is 1.48. The first-order valence-electron chi connectivity index (χ1n) is 8.62. The third-order valence-electron chi connectivity index (χ3n) is 4.30. The van der Waals surface area contributed by atoms with Crippen LogP contribution in [-0.2, 0) is 14.6 Å². The molecule has 0 aromatic heterocycles. The number of rotatable bonds is 6. The number of sulfone groups is 1. The summed E-state index contributed by atoms with van der Waals surface area (Å²) in [4.78, 5) is 25.8. The number of nitrogens with zero attached hydrogens (tertiary/aromatic N) is 1. The van der Waals surface area contributed by atoms with Gasteiger partial charge in [-0.05, 0) is 30.9 Å². The maximum Gasteiger partial charge on any atom is 0.251 e. The normalized spacial score (nSPS) is 16.0. The van der Waals surface area contributed by atoms with Crippen molar-refractivity contribution in [3.63, 3.8) is 0 Å². The van der Waals surface area contributed by atoms with Gasteiger partial charge in [-0.25, -0.2) is 8.42 Å². The molecule has 1 aliphatic heterocycles. The largest absolute Gasteiger partial charge is 0.343 e. The van der Waals surface area contributed by atoms with Crippen LogP contribution in [0, 0.1) is 5.92 Å². The van der Waals surface area contributed by atoms with E-state index in [0.29, 0.717) is 31.5 Å². The Bertz CT molecular complexity index is 693. The van der Waals surface area contributed by atoms with Crippen molar-refractivity contribution >= 4 is 21.7 Å². The molecule has 1 heterocycles. The first-order chi connectivity index (χ1) is 11.8. The quantitative estimate of drug-likeness (QED) is 0.826. The summed E-state index contributed by atoms with van der Waals surface area (Å²) in [5, 5.41) is 2.25. The van der Waals surface area contributed by atoms with Crippen LogP contribution in [0.2, 0.25) is 0 Å². The molecule has 0 aliphatic carbocycles. The van der Waals surface area contributed by atoms with Gasteiger partial charge in [-0.3, -0.25) is 9.59 Å². The number of benzene rings is 1. The van der Waals surface area contributed by atoms with Crippen LogP contribution in [0.15, 0.2) is 30.3 Å². The maximum absolute atomic E-state index is 12.3.